The molecule has 0 radical (unpaired) electrons. The molecule has 0 aromatic heterocycles. The molecular formula is C27H35N5O5S. The van der Waals surface area contributed by atoms with Gasteiger partial charge in [0.1, 0.15) is 6.04 Å². The van der Waals surface area contributed by atoms with E-state index in [0.717, 1.165) is 30.4 Å². The maximum atomic E-state index is 13.5. The van der Waals surface area contributed by atoms with Gasteiger partial charge < -0.3 is 20.0 Å². The summed E-state index contributed by atoms with van der Waals surface area (Å²) in [6, 6.07) is 14.6. The Morgan fingerprint density at radius 3 is 2.26 bits per heavy atom. The number of non-ortho nitro benzene ring substituents is 1. The van der Waals surface area contributed by atoms with Crippen molar-refractivity contribution in [3.63, 3.8) is 0 Å². The Bertz CT molecular complexity index is 1090. The Morgan fingerprint density at radius 1 is 1.00 bits per heavy atom. The van der Waals surface area contributed by atoms with Crippen molar-refractivity contribution >= 4 is 34.5 Å². The van der Waals surface area contributed by atoms with Gasteiger partial charge in [0, 0.05) is 70.5 Å². The standard InChI is InChI=1S/C27H35N5O5S/c1-21(33)38-19-18-31(13-12-22-6-4-3-5-7-22)27(35)28-25(26(34)30-16-14-29(2)15-17-30)20-23-8-10-24(11-9-23)32(36)37/h3-11,25H,12-20H2,1-2H3,(H,28,35)/t25-/m0/s1. The van der Waals surface area contributed by atoms with Gasteiger partial charge >= 0.3 is 6.03 Å². The summed E-state index contributed by atoms with van der Waals surface area (Å²) in [6.45, 7) is 4.90. The van der Waals surface area contributed by atoms with E-state index in [4.69, 9.17) is 0 Å². The first-order chi connectivity index (χ1) is 18.2. The second-order valence-corrected chi connectivity index (χ2v) is 10.6. The lowest BCUT2D eigenvalue weighted by molar-refractivity contribution is -0.384. The number of urea groups is 1. The third-order valence-corrected chi connectivity index (χ3v) is 7.26. The van der Waals surface area contributed by atoms with Crippen LogP contribution in [0.25, 0.3) is 0 Å². The van der Waals surface area contributed by atoms with E-state index in [1.54, 1.807) is 21.9 Å². The molecule has 11 heteroatoms. The van der Waals surface area contributed by atoms with E-state index in [1.807, 2.05) is 37.4 Å². The van der Waals surface area contributed by atoms with Crippen LogP contribution in [-0.4, -0.2) is 94.8 Å². The molecule has 1 aliphatic heterocycles. The lowest BCUT2D eigenvalue weighted by Gasteiger charge is -2.35. The van der Waals surface area contributed by atoms with E-state index in [9.17, 15) is 24.5 Å². The van der Waals surface area contributed by atoms with Crippen LogP contribution < -0.4 is 5.32 Å². The molecule has 1 heterocycles. The van der Waals surface area contributed by atoms with Gasteiger partial charge in [-0.2, -0.15) is 0 Å². The molecule has 1 atom stereocenters. The lowest BCUT2D eigenvalue weighted by Crippen LogP contribution is -2.57. The number of piperazine rings is 1. The molecule has 10 nitrogen and oxygen atoms in total. The summed E-state index contributed by atoms with van der Waals surface area (Å²) in [5, 5.41) is 14.0. The van der Waals surface area contributed by atoms with Crippen LogP contribution in [0, 0.1) is 10.1 Å². The zero-order valence-electron chi connectivity index (χ0n) is 21.9. The molecule has 0 unspecified atom stereocenters. The third kappa shape index (κ3) is 9.14. The number of carbonyl (C=O) groups excluding carboxylic acids is 3. The Kier molecular flexibility index (Phi) is 11.1. The van der Waals surface area contributed by atoms with Crippen molar-refractivity contribution < 1.29 is 19.3 Å². The average Bonchev–Trinajstić information content (AvgIpc) is 2.91. The van der Waals surface area contributed by atoms with E-state index in [-0.39, 0.29) is 29.2 Å². The van der Waals surface area contributed by atoms with E-state index in [2.05, 4.69) is 10.2 Å². The van der Waals surface area contributed by atoms with E-state index in [1.165, 1.54) is 19.1 Å². The molecule has 2 aromatic carbocycles. The first-order valence-corrected chi connectivity index (χ1v) is 13.6. The molecular weight excluding hydrogens is 506 g/mol. The van der Waals surface area contributed by atoms with Crippen LogP contribution in [0.4, 0.5) is 10.5 Å². The number of benzene rings is 2. The number of likely N-dealkylation sites (N-methyl/N-ethyl adjacent to an activating group) is 1. The number of nitrogens with one attached hydrogen (secondary N) is 1. The fourth-order valence-corrected chi connectivity index (χ4v) is 4.80. The number of carbonyl (C=O) groups is 3. The van der Waals surface area contributed by atoms with E-state index < -0.39 is 11.0 Å². The molecule has 0 saturated carbocycles. The van der Waals surface area contributed by atoms with Crippen LogP contribution in [0.3, 0.4) is 0 Å². The van der Waals surface area contributed by atoms with Crippen molar-refractivity contribution in [2.24, 2.45) is 0 Å². The number of nitro benzene ring substituents is 1. The Labute approximate surface area is 227 Å². The predicted octanol–water partition coefficient (Wildman–Crippen LogP) is 2.81. The number of nitrogens with zero attached hydrogens (tertiary/aromatic N) is 4. The van der Waals surface area contributed by atoms with Gasteiger partial charge in [0.25, 0.3) is 5.69 Å². The van der Waals surface area contributed by atoms with Crippen LogP contribution in [0.1, 0.15) is 18.1 Å². The molecule has 1 saturated heterocycles. The lowest BCUT2D eigenvalue weighted by atomic mass is 10.0. The topological polar surface area (TPSA) is 116 Å². The van der Waals surface area contributed by atoms with E-state index >= 15 is 0 Å². The quantitative estimate of drug-likeness (QED) is 0.344. The molecule has 1 aliphatic rings. The Balaban J connectivity index is 1.76. The molecule has 38 heavy (non-hydrogen) atoms. The van der Waals surface area contributed by atoms with Gasteiger partial charge in [0.05, 0.1) is 4.92 Å². The fourth-order valence-electron chi connectivity index (χ4n) is 4.20. The molecule has 1 fully saturated rings. The van der Waals surface area contributed by atoms with Crippen molar-refractivity contribution in [2.45, 2.75) is 25.8 Å². The summed E-state index contributed by atoms with van der Waals surface area (Å²) in [5.74, 6) is 0.280. The maximum Gasteiger partial charge on any atom is 0.318 e. The molecule has 204 valence electrons. The second-order valence-electron chi connectivity index (χ2n) is 9.32. The van der Waals surface area contributed by atoms with Gasteiger partial charge in [0.15, 0.2) is 5.12 Å². The van der Waals surface area contributed by atoms with Gasteiger partial charge in [-0.3, -0.25) is 19.7 Å². The molecule has 3 amide bonds. The summed E-state index contributed by atoms with van der Waals surface area (Å²) in [5.41, 5.74) is 1.77. The molecule has 3 rings (SSSR count). The molecule has 2 aromatic rings. The minimum absolute atomic E-state index is 0.0188. The Morgan fingerprint density at radius 2 is 1.66 bits per heavy atom. The summed E-state index contributed by atoms with van der Waals surface area (Å²) >= 11 is 1.16. The minimum atomic E-state index is -0.827. The number of rotatable bonds is 11. The number of nitro groups is 1. The van der Waals surface area contributed by atoms with Crippen LogP contribution in [-0.2, 0) is 22.4 Å². The van der Waals surface area contributed by atoms with Crippen molar-refractivity contribution in [1.29, 1.82) is 0 Å². The maximum absolute atomic E-state index is 13.5. The van der Waals surface area contributed by atoms with Crippen LogP contribution in [0.5, 0.6) is 0 Å². The predicted molar refractivity (Wildman–Crippen MR) is 148 cm³/mol. The number of hydrogen-bond donors (Lipinski definition) is 1. The molecule has 0 bridgehead atoms. The zero-order valence-corrected chi connectivity index (χ0v) is 22.7. The van der Waals surface area contributed by atoms with Crippen LogP contribution in [0.15, 0.2) is 54.6 Å². The first kappa shape index (κ1) is 29.1. The first-order valence-electron chi connectivity index (χ1n) is 12.7. The van der Waals surface area contributed by atoms with Gasteiger partial charge in [-0.15, -0.1) is 0 Å². The number of amides is 3. The van der Waals surface area contributed by atoms with Gasteiger partial charge in [-0.1, -0.05) is 54.2 Å². The molecule has 1 N–H and O–H groups in total. The second kappa shape index (κ2) is 14.5. The number of thioether (sulfide) groups is 1. The normalized spacial score (nSPS) is 14.5. The molecule has 0 aliphatic carbocycles. The highest BCUT2D eigenvalue weighted by atomic mass is 32.2. The SMILES string of the molecule is CC(=O)SCCN(CCc1ccccc1)C(=O)N[C@@H](Cc1ccc([N+](=O)[O-])cc1)C(=O)N1CCN(C)CC1. The number of hydrogen-bond acceptors (Lipinski definition) is 7. The third-order valence-electron chi connectivity index (χ3n) is 6.46. The highest BCUT2D eigenvalue weighted by molar-refractivity contribution is 8.13. The van der Waals surface area contributed by atoms with Crippen LogP contribution in [0.2, 0.25) is 0 Å². The summed E-state index contributed by atoms with van der Waals surface area (Å²) in [4.78, 5) is 54.6. The summed E-state index contributed by atoms with van der Waals surface area (Å²) in [7, 11) is 2.00. The van der Waals surface area contributed by atoms with E-state index in [0.29, 0.717) is 43.9 Å². The van der Waals surface area contributed by atoms with Crippen LogP contribution >= 0.6 is 11.8 Å². The highest BCUT2D eigenvalue weighted by Crippen LogP contribution is 2.15. The van der Waals surface area contributed by atoms with Gasteiger partial charge in [-0.25, -0.2) is 4.79 Å². The molecule has 0 spiro atoms. The summed E-state index contributed by atoms with van der Waals surface area (Å²) in [6.07, 6.45) is 0.849. The monoisotopic (exact) mass is 541 g/mol. The smallest absolute Gasteiger partial charge is 0.318 e. The minimum Gasteiger partial charge on any atom is -0.338 e. The zero-order chi connectivity index (χ0) is 27.5. The van der Waals surface area contributed by atoms with Crippen molar-refractivity contribution in [3.8, 4) is 0 Å². The van der Waals surface area contributed by atoms with Crippen molar-refractivity contribution in [1.82, 2.24) is 20.0 Å². The van der Waals surface area contributed by atoms with Gasteiger partial charge in [0.2, 0.25) is 5.91 Å². The van der Waals surface area contributed by atoms with Crippen molar-refractivity contribution in [2.75, 3.05) is 52.1 Å². The highest BCUT2D eigenvalue weighted by Gasteiger charge is 2.29. The van der Waals surface area contributed by atoms with Gasteiger partial charge in [-0.05, 0) is 24.6 Å². The Hall–Kier alpha value is -3.44. The largest absolute Gasteiger partial charge is 0.338 e. The average molecular weight is 542 g/mol. The van der Waals surface area contributed by atoms with Crippen molar-refractivity contribution in [3.05, 3.63) is 75.8 Å². The summed E-state index contributed by atoms with van der Waals surface area (Å²) < 4.78 is 0. The fraction of sp³-hybridized carbons (Fsp3) is 0.444.